The van der Waals surface area contributed by atoms with Crippen LogP contribution in [0.15, 0.2) is 0 Å². The molecule has 8 nitrogen and oxygen atoms in total. The quantitative estimate of drug-likeness (QED) is 0.373. The number of halogens is 1. The molecule has 1 rings (SSSR count). The summed E-state index contributed by atoms with van der Waals surface area (Å²) in [5.41, 5.74) is 0. The second-order valence-corrected chi connectivity index (χ2v) is 5.35. The summed E-state index contributed by atoms with van der Waals surface area (Å²) in [6.07, 6.45) is -3.83. The molecule has 0 bridgehead atoms. The summed E-state index contributed by atoms with van der Waals surface area (Å²) in [6.45, 7) is 3.90. The molecule has 0 N–H and O–H groups in total. The molecule has 1 saturated heterocycles. The topological polar surface area (TPSA) is 97.4 Å². The Balaban J connectivity index is 2.95. The highest BCUT2D eigenvalue weighted by Crippen LogP contribution is 2.25. The van der Waals surface area contributed by atoms with Crippen molar-refractivity contribution in [1.82, 2.24) is 0 Å². The van der Waals surface area contributed by atoms with E-state index in [0.29, 0.717) is 11.9 Å². The van der Waals surface area contributed by atoms with Crippen LogP contribution in [0.4, 0.5) is 0 Å². The zero-order chi connectivity index (χ0) is 16.7. The Morgan fingerprint density at radius 2 is 1.55 bits per heavy atom. The number of alkyl halides is 1. The maximum Gasteiger partial charge on any atom is 0.303 e. The molecule has 1 unspecified atom stereocenters. The third kappa shape index (κ3) is 5.90. The predicted molar refractivity (Wildman–Crippen MR) is 76.1 cm³/mol. The van der Waals surface area contributed by atoms with Gasteiger partial charge in [0, 0.05) is 26.1 Å². The number of carbonyl (C=O) groups excluding carboxylic acids is 3. The van der Waals surface area contributed by atoms with Crippen LogP contribution in [-0.4, -0.2) is 61.1 Å². The second-order valence-electron chi connectivity index (χ2n) is 4.56. The molecule has 1 aliphatic heterocycles. The van der Waals surface area contributed by atoms with E-state index in [-0.39, 0.29) is 6.61 Å². The molecule has 0 aliphatic carbocycles. The maximum absolute atomic E-state index is 11.3. The van der Waals surface area contributed by atoms with E-state index in [9.17, 15) is 14.4 Å². The van der Waals surface area contributed by atoms with E-state index < -0.39 is 42.5 Å². The Bertz CT molecular complexity index is 413. The first-order valence-electron chi connectivity index (χ1n) is 6.66. The number of ether oxygens (including phenoxy) is 5. The van der Waals surface area contributed by atoms with Gasteiger partial charge in [0.1, 0.15) is 0 Å². The minimum absolute atomic E-state index is 0.0394. The van der Waals surface area contributed by atoms with Gasteiger partial charge in [0.25, 0.3) is 0 Å². The van der Waals surface area contributed by atoms with E-state index in [1.54, 1.807) is 0 Å². The summed E-state index contributed by atoms with van der Waals surface area (Å²) in [4.78, 5) is 33.8. The molecule has 9 heteroatoms. The highest BCUT2D eigenvalue weighted by molar-refractivity contribution is 9.09. The molecule has 0 aromatic rings. The van der Waals surface area contributed by atoms with Crippen molar-refractivity contribution >= 4 is 33.8 Å². The molecule has 126 valence electrons. The van der Waals surface area contributed by atoms with E-state index in [4.69, 9.17) is 23.7 Å². The number of hydrogen-bond acceptors (Lipinski definition) is 8. The largest absolute Gasteiger partial charge is 0.456 e. The third-order valence-electron chi connectivity index (χ3n) is 2.66. The standard InChI is InChI=1S/C13H19BrO8/c1-7(15)20-10-6-19-13(18-5-4-14)12(22-9(3)17)11(10)21-8(2)16/h10-13H,4-6H2,1-3H3/t10-,11-,12-,13?/m1/s1. The fourth-order valence-corrected chi connectivity index (χ4v) is 2.20. The van der Waals surface area contributed by atoms with Crippen molar-refractivity contribution in [2.45, 2.75) is 45.4 Å². The summed E-state index contributed by atoms with van der Waals surface area (Å²) in [6, 6.07) is 0. The SMILES string of the molecule is CC(=O)O[C@@H]1[C@H](OC(C)=O)COC(OCCBr)[C@@H]1OC(C)=O. The molecule has 0 radical (unpaired) electrons. The van der Waals surface area contributed by atoms with Crippen molar-refractivity contribution in [3.63, 3.8) is 0 Å². The second kappa shape index (κ2) is 9.06. The molecule has 1 fully saturated rings. The number of carbonyl (C=O) groups is 3. The van der Waals surface area contributed by atoms with Gasteiger partial charge in [-0.05, 0) is 0 Å². The number of rotatable bonds is 6. The lowest BCUT2D eigenvalue weighted by atomic mass is 10.0. The Labute approximate surface area is 136 Å². The van der Waals surface area contributed by atoms with E-state index in [1.165, 1.54) is 20.8 Å². The minimum atomic E-state index is -1.03. The summed E-state index contributed by atoms with van der Waals surface area (Å²) in [5.74, 6) is -1.76. The Kier molecular flexibility index (Phi) is 7.77. The summed E-state index contributed by atoms with van der Waals surface area (Å²) < 4.78 is 26.3. The number of esters is 3. The monoisotopic (exact) mass is 382 g/mol. The lowest BCUT2D eigenvalue weighted by Crippen LogP contribution is -2.58. The van der Waals surface area contributed by atoms with Crippen LogP contribution in [-0.2, 0) is 38.1 Å². The van der Waals surface area contributed by atoms with Gasteiger partial charge < -0.3 is 23.7 Å². The van der Waals surface area contributed by atoms with E-state index >= 15 is 0 Å². The van der Waals surface area contributed by atoms with Gasteiger partial charge >= 0.3 is 17.9 Å². The van der Waals surface area contributed by atoms with Crippen LogP contribution in [0.5, 0.6) is 0 Å². The van der Waals surface area contributed by atoms with Crippen LogP contribution in [0.2, 0.25) is 0 Å². The zero-order valence-corrected chi connectivity index (χ0v) is 14.2. The molecule has 0 aromatic heterocycles. The van der Waals surface area contributed by atoms with E-state index in [0.717, 1.165) is 0 Å². The first kappa shape index (κ1) is 18.9. The Morgan fingerprint density at radius 1 is 1.00 bits per heavy atom. The summed E-state index contributed by atoms with van der Waals surface area (Å²) >= 11 is 3.20. The van der Waals surface area contributed by atoms with Crippen LogP contribution < -0.4 is 0 Å². The Morgan fingerprint density at radius 3 is 2.05 bits per heavy atom. The fraction of sp³-hybridized carbons (Fsp3) is 0.769. The molecule has 22 heavy (non-hydrogen) atoms. The van der Waals surface area contributed by atoms with Crippen molar-refractivity contribution < 1.29 is 38.1 Å². The van der Waals surface area contributed by atoms with Gasteiger partial charge in [-0.3, -0.25) is 14.4 Å². The first-order chi connectivity index (χ1) is 10.3. The van der Waals surface area contributed by atoms with Crippen molar-refractivity contribution in [2.24, 2.45) is 0 Å². The molecule has 0 amide bonds. The van der Waals surface area contributed by atoms with Crippen LogP contribution in [0.25, 0.3) is 0 Å². The fourth-order valence-electron chi connectivity index (χ4n) is 2.01. The van der Waals surface area contributed by atoms with Crippen LogP contribution >= 0.6 is 15.9 Å². The smallest absolute Gasteiger partial charge is 0.303 e. The molecular weight excluding hydrogens is 364 g/mol. The highest BCUT2D eigenvalue weighted by Gasteiger charge is 2.47. The average Bonchev–Trinajstić information content (AvgIpc) is 2.40. The first-order valence-corrected chi connectivity index (χ1v) is 7.78. The molecule has 1 aliphatic rings. The molecule has 0 spiro atoms. The Hall–Kier alpha value is -1.19. The van der Waals surface area contributed by atoms with E-state index in [2.05, 4.69) is 15.9 Å². The van der Waals surface area contributed by atoms with Crippen LogP contribution in [0.1, 0.15) is 20.8 Å². The van der Waals surface area contributed by atoms with Crippen LogP contribution in [0.3, 0.4) is 0 Å². The van der Waals surface area contributed by atoms with Gasteiger partial charge in [-0.15, -0.1) is 0 Å². The summed E-state index contributed by atoms with van der Waals surface area (Å²) in [7, 11) is 0. The minimum Gasteiger partial charge on any atom is -0.456 e. The van der Waals surface area contributed by atoms with Gasteiger partial charge in [0.2, 0.25) is 0 Å². The highest BCUT2D eigenvalue weighted by atomic mass is 79.9. The summed E-state index contributed by atoms with van der Waals surface area (Å²) in [5, 5.41) is 0.547. The van der Waals surface area contributed by atoms with Gasteiger partial charge in [0.15, 0.2) is 24.6 Å². The molecule has 0 saturated carbocycles. The predicted octanol–water partition coefficient (Wildman–Crippen LogP) is 0.549. The third-order valence-corrected chi connectivity index (χ3v) is 2.99. The molecule has 4 atom stereocenters. The van der Waals surface area contributed by atoms with Gasteiger partial charge in [-0.2, -0.15) is 0 Å². The van der Waals surface area contributed by atoms with E-state index in [1.807, 2.05) is 0 Å². The number of hydrogen-bond donors (Lipinski definition) is 0. The van der Waals surface area contributed by atoms with Crippen molar-refractivity contribution in [1.29, 1.82) is 0 Å². The van der Waals surface area contributed by atoms with Crippen molar-refractivity contribution in [2.75, 3.05) is 18.5 Å². The zero-order valence-electron chi connectivity index (χ0n) is 12.6. The normalized spacial score (nSPS) is 27.8. The van der Waals surface area contributed by atoms with Gasteiger partial charge in [0.05, 0.1) is 13.2 Å². The van der Waals surface area contributed by atoms with Crippen molar-refractivity contribution in [3.8, 4) is 0 Å². The molecule has 1 heterocycles. The molecule has 0 aromatic carbocycles. The van der Waals surface area contributed by atoms with Gasteiger partial charge in [-0.1, -0.05) is 15.9 Å². The lowest BCUT2D eigenvalue weighted by Gasteiger charge is -2.40. The van der Waals surface area contributed by atoms with Gasteiger partial charge in [-0.25, -0.2) is 0 Å². The van der Waals surface area contributed by atoms with Crippen LogP contribution in [0, 0.1) is 0 Å². The molecular formula is C13H19BrO8. The average molecular weight is 383 g/mol. The lowest BCUT2D eigenvalue weighted by molar-refractivity contribution is -0.279. The maximum atomic E-state index is 11.3. The van der Waals surface area contributed by atoms with Crippen molar-refractivity contribution in [3.05, 3.63) is 0 Å².